The summed E-state index contributed by atoms with van der Waals surface area (Å²) in [7, 11) is 0. The Labute approximate surface area is 102 Å². The summed E-state index contributed by atoms with van der Waals surface area (Å²) in [6.07, 6.45) is 5.44. The van der Waals surface area contributed by atoms with E-state index in [4.69, 9.17) is 11.6 Å². The van der Waals surface area contributed by atoms with Gasteiger partial charge in [-0.2, -0.15) is 0 Å². The van der Waals surface area contributed by atoms with Crippen LogP contribution in [0.2, 0.25) is 5.15 Å². The molecule has 17 heavy (non-hydrogen) atoms. The first-order valence-electron chi connectivity index (χ1n) is 5.21. The molecule has 1 aliphatic rings. The number of Topliss-reactive ketones (excluding diaryl/α,β-unsaturated/α-hetero) is 1. The number of carbonyl (C=O) groups excluding carboxylic acids is 1. The van der Waals surface area contributed by atoms with Gasteiger partial charge in [-0.15, -0.1) is 0 Å². The zero-order valence-corrected chi connectivity index (χ0v) is 9.85. The predicted octanol–water partition coefficient (Wildman–Crippen LogP) is 1.94. The van der Waals surface area contributed by atoms with E-state index in [-0.39, 0.29) is 11.8 Å². The molecule has 0 fully saturated rings. The molecule has 6 heteroatoms. The fraction of sp³-hybridized carbons (Fsp3) is 0.273. The maximum atomic E-state index is 11.5. The SMILES string of the molecule is CC1=C[C@H](n2cnc3c(Cl)ncnc32)CC1=O. The molecule has 2 aromatic heterocycles. The van der Waals surface area contributed by atoms with Gasteiger partial charge < -0.3 is 4.57 Å². The van der Waals surface area contributed by atoms with Crippen molar-refractivity contribution in [3.63, 3.8) is 0 Å². The van der Waals surface area contributed by atoms with Gasteiger partial charge in [0, 0.05) is 6.42 Å². The third-order valence-electron chi connectivity index (χ3n) is 2.95. The second-order valence-corrected chi connectivity index (χ2v) is 4.39. The Morgan fingerprint density at radius 1 is 1.41 bits per heavy atom. The largest absolute Gasteiger partial charge is 0.308 e. The van der Waals surface area contributed by atoms with Gasteiger partial charge in [-0.25, -0.2) is 15.0 Å². The minimum Gasteiger partial charge on any atom is -0.308 e. The smallest absolute Gasteiger partial charge is 0.165 e. The second-order valence-electron chi connectivity index (χ2n) is 4.03. The maximum Gasteiger partial charge on any atom is 0.165 e. The van der Waals surface area contributed by atoms with E-state index in [9.17, 15) is 4.79 Å². The lowest BCUT2D eigenvalue weighted by atomic mass is 10.2. The highest BCUT2D eigenvalue weighted by Gasteiger charge is 2.24. The van der Waals surface area contributed by atoms with E-state index in [0.717, 1.165) is 5.57 Å². The highest BCUT2D eigenvalue weighted by molar-refractivity contribution is 6.33. The summed E-state index contributed by atoms with van der Waals surface area (Å²) >= 11 is 5.93. The van der Waals surface area contributed by atoms with Gasteiger partial charge in [-0.1, -0.05) is 17.7 Å². The van der Waals surface area contributed by atoms with Crippen LogP contribution in [-0.4, -0.2) is 25.3 Å². The fourth-order valence-electron chi connectivity index (χ4n) is 2.04. The van der Waals surface area contributed by atoms with Crippen LogP contribution in [0.5, 0.6) is 0 Å². The fourth-order valence-corrected chi connectivity index (χ4v) is 2.21. The predicted molar refractivity (Wildman–Crippen MR) is 62.8 cm³/mol. The number of hydrogen-bond acceptors (Lipinski definition) is 4. The van der Waals surface area contributed by atoms with Crippen molar-refractivity contribution in [3.8, 4) is 0 Å². The van der Waals surface area contributed by atoms with Crippen molar-refractivity contribution in [1.29, 1.82) is 0 Å². The number of carbonyl (C=O) groups is 1. The van der Waals surface area contributed by atoms with Crippen LogP contribution < -0.4 is 0 Å². The first kappa shape index (κ1) is 10.4. The molecule has 0 amide bonds. The van der Waals surface area contributed by atoms with Gasteiger partial charge in [-0.05, 0) is 12.5 Å². The first-order chi connectivity index (χ1) is 8.16. The van der Waals surface area contributed by atoms with E-state index >= 15 is 0 Å². The zero-order chi connectivity index (χ0) is 12.0. The van der Waals surface area contributed by atoms with Gasteiger partial charge in [0.05, 0.1) is 12.4 Å². The first-order valence-corrected chi connectivity index (χ1v) is 5.59. The third kappa shape index (κ3) is 1.54. The molecular formula is C11H9ClN4O. The van der Waals surface area contributed by atoms with E-state index in [2.05, 4.69) is 15.0 Å². The molecular weight excluding hydrogens is 240 g/mol. The molecule has 0 spiro atoms. The number of halogens is 1. The maximum absolute atomic E-state index is 11.5. The quantitative estimate of drug-likeness (QED) is 0.724. The number of ketones is 1. The Morgan fingerprint density at radius 2 is 2.24 bits per heavy atom. The van der Waals surface area contributed by atoms with Gasteiger partial charge in [0.2, 0.25) is 0 Å². The number of allylic oxidation sites excluding steroid dienone is 2. The van der Waals surface area contributed by atoms with Gasteiger partial charge in [0.15, 0.2) is 16.6 Å². The van der Waals surface area contributed by atoms with Crippen LogP contribution in [0.25, 0.3) is 11.2 Å². The minimum atomic E-state index is -0.0153. The lowest BCUT2D eigenvalue weighted by molar-refractivity contribution is -0.115. The molecule has 0 aromatic carbocycles. The molecule has 86 valence electrons. The molecule has 0 unspecified atom stereocenters. The average Bonchev–Trinajstić information content (AvgIpc) is 2.85. The van der Waals surface area contributed by atoms with Gasteiger partial charge in [0.1, 0.15) is 11.8 Å². The van der Waals surface area contributed by atoms with Crippen molar-refractivity contribution in [3.05, 3.63) is 29.5 Å². The highest BCUT2D eigenvalue weighted by Crippen LogP contribution is 2.28. The minimum absolute atomic E-state index is 0.0153. The molecule has 2 aromatic rings. The van der Waals surface area contributed by atoms with Crippen LogP contribution in [0.4, 0.5) is 0 Å². The van der Waals surface area contributed by atoms with Crippen LogP contribution in [0, 0.1) is 0 Å². The summed E-state index contributed by atoms with van der Waals surface area (Å²) in [5.41, 5.74) is 2.02. The van der Waals surface area contributed by atoms with Crippen molar-refractivity contribution in [1.82, 2.24) is 19.5 Å². The second kappa shape index (κ2) is 3.63. The Bertz CT molecular complexity index is 646. The lowest BCUT2D eigenvalue weighted by Gasteiger charge is -2.08. The van der Waals surface area contributed by atoms with Crippen molar-refractivity contribution >= 4 is 28.5 Å². The Kier molecular flexibility index (Phi) is 2.22. The summed E-state index contributed by atoms with van der Waals surface area (Å²) in [4.78, 5) is 23.7. The van der Waals surface area contributed by atoms with Crippen LogP contribution in [-0.2, 0) is 4.79 Å². The topological polar surface area (TPSA) is 60.7 Å². The van der Waals surface area contributed by atoms with Crippen LogP contribution >= 0.6 is 11.6 Å². The summed E-state index contributed by atoms with van der Waals surface area (Å²) < 4.78 is 1.86. The molecule has 1 aliphatic carbocycles. The van der Waals surface area contributed by atoms with E-state index in [1.54, 1.807) is 6.33 Å². The lowest BCUT2D eigenvalue weighted by Crippen LogP contribution is -2.05. The summed E-state index contributed by atoms with van der Waals surface area (Å²) in [6.45, 7) is 1.82. The molecule has 2 heterocycles. The molecule has 0 N–H and O–H groups in total. The zero-order valence-electron chi connectivity index (χ0n) is 9.09. The molecule has 1 atom stereocenters. The van der Waals surface area contributed by atoms with Crippen LogP contribution in [0.15, 0.2) is 24.3 Å². The number of rotatable bonds is 1. The molecule has 0 saturated heterocycles. The van der Waals surface area contributed by atoms with E-state index in [0.29, 0.717) is 22.7 Å². The Balaban J connectivity index is 2.14. The molecule has 0 saturated carbocycles. The van der Waals surface area contributed by atoms with Gasteiger partial charge in [-0.3, -0.25) is 4.79 Å². The van der Waals surface area contributed by atoms with E-state index in [1.807, 2.05) is 17.6 Å². The summed E-state index contributed by atoms with van der Waals surface area (Å²) in [5.74, 6) is 0.164. The molecule has 0 radical (unpaired) electrons. The number of nitrogens with zero attached hydrogens (tertiary/aromatic N) is 4. The van der Waals surface area contributed by atoms with Crippen molar-refractivity contribution < 1.29 is 4.79 Å². The monoisotopic (exact) mass is 248 g/mol. The van der Waals surface area contributed by atoms with Crippen LogP contribution in [0.1, 0.15) is 19.4 Å². The molecule has 3 rings (SSSR count). The Hall–Kier alpha value is -1.75. The normalized spacial score (nSPS) is 20.0. The van der Waals surface area contributed by atoms with E-state index < -0.39 is 0 Å². The number of aromatic nitrogens is 4. The molecule has 0 aliphatic heterocycles. The van der Waals surface area contributed by atoms with Crippen LogP contribution in [0.3, 0.4) is 0 Å². The van der Waals surface area contributed by atoms with Crippen molar-refractivity contribution in [2.24, 2.45) is 0 Å². The summed E-state index contributed by atoms with van der Waals surface area (Å²) in [6, 6.07) is -0.0153. The summed E-state index contributed by atoms with van der Waals surface area (Å²) in [5, 5.41) is 0.332. The average molecular weight is 249 g/mol. The Morgan fingerprint density at radius 3 is 2.94 bits per heavy atom. The van der Waals surface area contributed by atoms with Gasteiger partial charge >= 0.3 is 0 Å². The van der Waals surface area contributed by atoms with Crippen molar-refractivity contribution in [2.75, 3.05) is 0 Å². The molecule has 0 bridgehead atoms. The van der Waals surface area contributed by atoms with Gasteiger partial charge in [0.25, 0.3) is 0 Å². The number of fused-ring (bicyclic) bond motifs is 1. The molecule has 5 nitrogen and oxygen atoms in total. The third-order valence-corrected chi connectivity index (χ3v) is 3.22. The number of imidazole rings is 1. The standard InChI is InChI=1S/C11H9ClN4O/c1-6-2-7(3-8(6)17)16-5-15-9-10(12)13-4-14-11(9)16/h2,4-5,7H,3H2,1H3/t7-/m0/s1. The highest BCUT2D eigenvalue weighted by atomic mass is 35.5. The number of hydrogen-bond donors (Lipinski definition) is 0. The van der Waals surface area contributed by atoms with E-state index in [1.165, 1.54) is 6.33 Å². The van der Waals surface area contributed by atoms with Crippen molar-refractivity contribution in [2.45, 2.75) is 19.4 Å².